The van der Waals surface area contributed by atoms with E-state index >= 15 is 0 Å². The lowest BCUT2D eigenvalue weighted by Crippen LogP contribution is -2.10. The van der Waals surface area contributed by atoms with Gasteiger partial charge in [-0.05, 0) is 12.5 Å². The summed E-state index contributed by atoms with van der Waals surface area (Å²) in [5.74, 6) is 0.871. The zero-order valence-electron chi connectivity index (χ0n) is 9.80. The molecule has 2 rings (SSSR count). The van der Waals surface area contributed by atoms with Gasteiger partial charge in [-0.3, -0.25) is 4.98 Å². The summed E-state index contributed by atoms with van der Waals surface area (Å²) in [6.07, 6.45) is 2.73. The van der Waals surface area contributed by atoms with Crippen LogP contribution in [0, 0.1) is 0 Å². The van der Waals surface area contributed by atoms with Crippen molar-refractivity contribution in [3.63, 3.8) is 0 Å². The van der Waals surface area contributed by atoms with Crippen LogP contribution in [-0.4, -0.2) is 4.98 Å². The van der Waals surface area contributed by atoms with E-state index in [1.54, 1.807) is 11.3 Å². The molecule has 1 aromatic carbocycles. The number of nitrogens with two attached hydrogens (primary N) is 1. The monoisotopic (exact) mass is 248 g/mol. The summed E-state index contributed by atoms with van der Waals surface area (Å²) < 4.78 is 5.79. The molecule has 2 N–H and O–H groups in total. The maximum absolute atomic E-state index is 6.05. The predicted molar refractivity (Wildman–Crippen MR) is 70.1 cm³/mol. The van der Waals surface area contributed by atoms with Gasteiger partial charge in [0, 0.05) is 17.8 Å². The topological polar surface area (TPSA) is 48.1 Å². The van der Waals surface area contributed by atoms with Crippen LogP contribution >= 0.6 is 11.3 Å². The van der Waals surface area contributed by atoms with E-state index in [0.717, 1.165) is 22.6 Å². The molecule has 0 spiro atoms. The van der Waals surface area contributed by atoms with Gasteiger partial charge in [0.1, 0.15) is 12.4 Å². The van der Waals surface area contributed by atoms with Crippen LogP contribution in [0.5, 0.6) is 5.75 Å². The highest BCUT2D eigenvalue weighted by Gasteiger charge is 2.09. The number of aromatic nitrogens is 1. The molecule has 0 aliphatic rings. The fraction of sp³-hybridized carbons (Fsp3) is 0.308. The van der Waals surface area contributed by atoms with E-state index in [0.29, 0.717) is 6.61 Å². The highest BCUT2D eigenvalue weighted by Crippen LogP contribution is 2.26. The van der Waals surface area contributed by atoms with Crippen LogP contribution in [0.3, 0.4) is 0 Å². The number of thiazole rings is 1. The zero-order chi connectivity index (χ0) is 12.1. The van der Waals surface area contributed by atoms with Crippen molar-refractivity contribution in [3.8, 4) is 5.75 Å². The SMILES string of the molecule is CC[C@@H](N)c1ccccc1OCc1cncs1. The molecule has 2 aromatic rings. The smallest absolute Gasteiger partial charge is 0.124 e. The summed E-state index contributed by atoms with van der Waals surface area (Å²) in [5.41, 5.74) is 8.93. The number of nitrogens with zero attached hydrogens (tertiary/aromatic N) is 1. The number of benzene rings is 1. The molecule has 1 heterocycles. The van der Waals surface area contributed by atoms with Gasteiger partial charge in [-0.25, -0.2) is 0 Å². The van der Waals surface area contributed by atoms with Gasteiger partial charge in [0.25, 0.3) is 0 Å². The van der Waals surface area contributed by atoms with Crippen molar-refractivity contribution in [1.82, 2.24) is 4.98 Å². The fourth-order valence-corrected chi connectivity index (χ4v) is 2.11. The molecule has 1 atom stereocenters. The first kappa shape index (κ1) is 12.1. The minimum Gasteiger partial charge on any atom is -0.488 e. The van der Waals surface area contributed by atoms with Crippen LogP contribution in [0.1, 0.15) is 29.8 Å². The lowest BCUT2D eigenvalue weighted by Gasteiger charge is -2.15. The second-order valence-corrected chi connectivity index (χ2v) is 4.78. The molecule has 0 fully saturated rings. The molecule has 0 aliphatic heterocycles. The summed E-state index contributed by atoms with van der Waals surface area (Å²) in [6, 6.07) is 7.98. The third-order valence-electron chi connectivity index (χ3n) is 2.61. The molecule has 17 heavy (non-hydrogen) atoms. The Morgan fingerprint density at radius 1 is 1.41 bits per heavy atom. The van der Waals surface area contributed by atoms with Gasteiger partial charge in [0.15, 0.2) is 0 Å². The lowest BCUT2D eigenvalue weighted by molar-refractivity contribution is 0.304. The molecule has 0 saturated heterocycles. The first-order chi connectivity index (χ1) is 8.31. The van der Waals surface area contributed by atoms with Crippen LogP contribution in [-0.2, 0) is 6.61 Å². The van der Waals surface area contributed by atoms with Crippen LogP contribution in [0.25, 0.3) is 0 Å². The highest BCUT2D eigenvalue weighted by atomic mass is 32.1. The highest BCUT2D eigenvalue weighted by molar-refractivity contribution is 7.09. The molecule has 3 nitrogen and oxygen atoms in total. The Balaban J connectivity index is 2.09. The van der Waals surface area contributed by atoms with E-state index in [4.69, 9.17) is 10.5 Å². The van der Waals surface area contributed by atoms with Crippen molar-refractivity contribution in [2.75, 3.05) is 0 Å². The Hall–Kier alpha value is -1.39. The number of ether oxygens (including phenoxy) is 1. The molecule has 90 valence electrons. The molecule has 0 radical (unpaired) electrons. The van der Waals surface area contributed by atoms with Gasteiger partial charge < -0.3 is 10.5 Å². The Bertz CT molecular complexity index is 456. The molecule has 0 unspecified atom stereocenters. The van der Waals surface area contributed by atoms with Crippen molar-refractivity contribution in [2.45, 2.75) is 26.0 Å². The second-order valence-electron chi connectivity index (χ2n) is 3.81. The second kappa shape index (κ2) is 5.80. The van der Waals surface area contributed by atoms with E-state index in [1.165, 1.54) is 0 Å². The number of rotatable bonds is 5. The van der Waals surface area contributed by atoms with Crippen LogP contribution in [0.4, 0.5) is 0 Å². The average Bonchev–Trinajstić information content (AvgIpc) is 2.89. The van der Waals surface area contributed by atoms with Crippen molar-refractivity contribution >= 4 is 11.3 Å². The van der Waals surface area contributed by atoms with Crippen molar-refractivity contribution in [1.29, 1.82) is 0 Å². The summed E-state index contributed by atoms with van der Waals surface area (Å²) in [5, 5.41) is 0. The van der Waals surface area contributed by atoms with Gasteiger partial charge in [-0.2, -0.15) is 0 Å². The summed E-state index contributed by atoms with van der Waals surface area (Å²) in [4.78, 5) is 5.14. The minimum atomic E-state index is 0.0349. The first-order valence-corrected chi connectivity index (χ1v) is 6.54. The van der Waals surface area contributed by atoms with E-state index in [-0.39, 0.29) is 6.04 Å². The van der Waals surface area contributed by atoms with Gasteiger partial charge >= 0.3 is 0 Å². The molecular weight excluding hydrogens is 232 g/mol. The Kier molecular flexibility index (Phi) is 4.12. The van der Waals surface area contributed by atoms with Gasteiger partial charge in [0.2, 0.25) is 0 Å². The van der Waals surface area contributed by atoms with Crippen LogP contribution in [0.2, 0.25) is 0 Å². The van der Waals surface area contributed by atoms with Crippen molar-refractivity contribution in [3.05, 3.63) is 46.4 Å². The Morgan fingerprint density at radius 2 is 2.24 bits per heavy atom. The predicted octanol–water partition coefficient (Wildman–Crippen LogP) is 3.13. The quantitative estimate of drug-likeness (QED) is 0.884. The van der Waals surface area contributed by atoms with E-state index in [1.807, 2.05) is 36.0 Å². The maximum Gasteiger partial charge on any atom is 0.124 e. The molecule has 0 amide bonds. The van der Waals surface area contributed by atoms with E-state index < -0.39 is 0 Å². The van der Waals surface area contributed by atoms with Crippen LogP contribution < -0.4 is 10.5 Å². The molecule has 4 heteroatoms. The van der Waals surface area contributed by atoms with Gasteiger partial charge in [0.05, 0.1) is 10.4 Å². The molecular formula is C13H16N2OS. The number of hydrogen-bond acceptors (Lipinski definition) is 4. The van der Waals surface area contributed by atoms with Gasteiger partial charge in [-0.1, -0.05) is 25.1 Å². The Morgan fingerprint density at radius 3 is 2.94 bits per heavy atom. The van der Waals surface area contributed by atoms with Crippen molar-refractivity contribution in [2.24, 2.45) is 5.73 Å². The minimum absolute atomic E-state index is 0.0349. The normalized spacial score (nSPS) is 12.4. The molecule has 1 aromatic heterocycles. The standard InChI is InChI=1S/C13H16N2OS/c1-2-12(14)11-5-3-4-6-13(11)16-8-10-7-15-9-17-10/h3-7,9,12H,2,8,14H2,1H3/t12-/m1/s1. The van der Waals surface area contributed by atoms with E-state index in [9.17, 15) is 0 Å². The zero-order valence-corrected chi connectivity index (χ0v) is 10.6. The first-order valence-electron chi connectivity index (χ1n) is 5.66. The van der Waals surface area contributed by atoms with E-state index in [2.05, 4.69) is 11.9 Å². The average molecular weight is 248 g/mol. The summed E-state index contributed by atoms with van der Waals surface area (Å²) in [6.45, 7) is 2.63. The summed E-state index contributed by atoms with van der Waals surface area (Å²) in [7, 11) is 0. The van der Waals surface area contributed by atoms with Crippen LogP contribution in [0.15, 0.2) is 36.0 Å². The number of para-hydroxylation sites is 1. The van der Waals surface area contributed by atoms with Gasteiger partial charge in [-0.15, -0.1) is 11.3 Å². The molecule has 0 saturated carbocycles. The van der Waals surface area contributed by atoms with Crippen molar-refractivity contribution < 1.29 is 4.74 Å². The number of hydrogen-bond donors (Lipinski definition) is 1. The third-order valence-corrected chi connectivity index (χ3v) is 3.36. The fourth-order valence-electron chi connectivity index (χ4n) is 1.60. The lowest BCUT2D eigenvalue weighted by atomic mass is 10.0. The largest absolute Gasteiger partial charge is 0.488 e. The Labute approximate surface area is 105 Å². The molecule has 0 aliphatic carbocycles. The third kappa shape index (κ3) is 3.05. The maximum atomic E-state index is 6.05. The summed E-state index contributed by atoms with van der Waals surface area (Å²) >= 11 is 1.59. The molecule has 0 bridgehead atoms.